The molecule has 1 aromatic carbocycles. The molecule has 2 N–H and O–H groups in total. The molecule has 0 saturated carbocycles. The smallest absolute Gasteiger partial charge is 0.273 e. The maximum Gasteiger partial charge on any atom is 0.273 e. The van der Waals surface area contributed by atoms with Gasteiger partial charge in [-0.15, -0.1) is 0 Å². The maximum absolute atomic E-state index is 11.7. The fourth-order valence-corrected chi connectivity index (χ4v) is 2.16. The number of H-pyrrole nitrogens is 1. The van der Waals surface area contributed by atoms with Crippen LogP contribution >= 0.6 is 0 Å². The van der Waals surface area contributed by atoms with Crippen LogP contribution in [0.15, 0.2) is 30.5 Å². The topological polar surface area (TPSA) is 88.5 Å². The van der Waals surface area contributed by atoms with Crippen LogP contribution in [0.5, 0.6) is 0 Å². The quantitative estimate of drug-likeness (QED) is 0.737. The Hall–Kier alpha value is -2.70. The van der Waals surface area contributed by atoms with Crippen molar-refractivity contribution in [2.75, 3.05) is 6.54 Å². The van der Waals surface area contributed by atoms with E-state index in [9.17, 15) is 4.79 Å². The van der Waals surface area contributed by atoms with Crippen LogP contribution in [0.2, 0.25) is 0 Å². The number of rotatable bonds is 4. The third-order valence-corrected chi connectivity index (χ3v) is 3.11. The van der Waals surface area contributed by atoms with Crippen LogP contribution in [-0.2, 0) is 6.54 Å². The van der Waals surface area contributed by atoms with Crippen molar-refractivity contribution in [1.29, 1.82) is 0 Å². The summed E-state index contributed by atoms with van der Waals surface area (Å²) in [5, 5.41) is 12.6. The Labute approximate surface area is 115 Å². The molecule has 0 aliphatic carbocycles. The summed E-state index contributed by atoms with van der Waals surface area (Å²) in [6.07, 6.45) is 1.40. The lowest BCUT2D eigenvalue weighted by Gasteiger charge is -2.07. The highest BCUT2D eigenvalue weighted by molar-refractivity contribution is 5.91. The number of carbonyl (C=O) groups is 1. The number of carbonyl (C=O) groups excluding carboxylic acids is 1. The van der Waals surface area contributed by atoms with Gasteiger partial charge in [0.1, 0.15) is 5.82 Å². The molecule has 7 nitrogen and oxygen atoms in total. The van der Waals surface area contributed by atoms with E-state index in [1.807, 2.05) is 31.2 Å². The Bertz CT molecular complexity index is 730. The fraction of sp³-hybridized carbons (Fsp3) is 0.231. The third-order valence-electron chi connectivity index (χ3n) is 3.11. The monoisotopic (exact) mass is 270 g/mol. The van der Waals surface area contributed by atoms with Gasteiger partial charge in [-0.1, -0.05) is 12.1 Å². The molecular weight excluding hydrogens is 256 g/mol. The van der Waals surface area contributed by atoms with Crippen molar-refractivity contribution < 1.29 is 4.79 Å². The second-order valence-corrected chi connectivity index (χ2v) is 4.41. The van der Waals surface area contributed by atoms with Crippen LogP contribution in [0, 0.1) is 6.92 Å². The van der Waals surface area contributed by atoms with Crippen molar-refractivity contribution in [3.63, 3.8) is 0 Å². The highest BCUT2D eigenvalue weighted by Crippen LogP contribution is 2.14. The summed E-state index contributed by atoms with van der Waals surface area (Å²) in [5.41, 5.74) is 2.32. The zero-order chi connectivity index (χ0) is 13.9. The number of amides is 1. The van der Waals surface area contributed by atoms with Gasteiger partial charge < -0.3 is 9.88 Å². The first kappa shape index (κ1) is 12.3. The number of nitrogens with zero attached hydrogens (tertiary/aromatic N) is 4. The highest BCUT2D eigenvalue weighted by Gasteiger charge is 2.09. The van der Waals surface area contributed by atoms with E-state index in [1.54, 1.807) is 0 Å². The van der Waals surface area contributed by atoms with Gasteiger partial charge in [-0.2, -0.15) is 15.4 Å². The molecule has 2 aromatic heterocycles. The summed E-state index contributed by atoms with van der Waals surface area (Å²) < 4.78 is 2.08. The molecule has 0 atom stereocenters. The molecule has 7 heteroatoms. The van der Waals surface area contributed by atoms with E-state index >= 15 is 0 Å². The van der Waals surface area contributed by atoms with Gasteiger partial charge >= 0.3 is 0 Å². The molecule has 3 rings (SSSR count). The van der Waals surface area contributed by atoms with Crippen molar-refractivity contribution in [2.24, 2.45) is 0 Å². The molecule has 0 spiro atoms. The molecule has 0 aliphatic heterocycles. The average Bonchev–Trinajstić information content (AvgIpc) is 3.07. The van der Waals surface area contributed by atoms with Crippen LogP contribution < -0.4 is 5.32 Å². The molecule has 2 heterocycles. The molecule has 0 saturated heterocycles. The van der Waals surface area contributed by atoms with Crippen molar-refractivity contribution in [3.05, 3.63) is 42.0 Å². The zero-order valence-electron chi connectivity index (χ0n) is 11.0. The summed E-state index contributed by atoms with van der Waals surface area (Å²) in [7, 11) is 0. The predicted octanol–water partition coefficient (Wildman–Crippen LogP) is 0.893. The molecule has 0 fully saturated rings. The fourth-order valence-electron chi connectivity index (χ4n) is 2.16. The highest BCUT2D eigenvalue weighted by atomic mass is 16.1. The van der Waals surface area contributed by atoms with Crippen LogP contribution in [0.25, 0.3) is 11.0 Å². The molecule has 0 unspecified atom stereocenters. The van der Waals surface area contributed by atoms with E-state index in [1.165, 1.54) is 6.20 Å². The normalized spacial score (nSPS) is 10.8. The van der Waals surface area contributed by atoms with E-state index in [4.69, 9.17) is 0 Å². The van der Waals surface area contributed by atoms with Gasteiger partial charge in [0.15, 0.2) is 5.69 Å². The molecule has 102 valence electrons. The molecule has 0 radical (unpaired) electrons. The van der Waals surface area contributed by atoms with Crippen LogP contribution in [0.3, 0.4) is 0 Å². The molecular formula is C13H14N6O. The first-order valence-electron chi connectivity index (χ1n) is 6.31. The van der Waals surface area contributed by atoms with Gasteiger partial charge in [-0.25, -0.2) is 4.98 Å². The first-order chi connectivity index (χ1) is 9.75. The minimum atomic E-state index is -0.235. The van der Waals surface area contributed by atoms with Gasteiger partial charge in [0.05, 0.1) is 17.2 Å². The van der Waals surface area contributed by atoms with Crippen molar-refractivity contribution >= 4 is 16.9 Å². The number of para-hydroxylation sites is 2. The molecule has 3 aromatic rings. The van der Waals surface area contributed by atoms with E-state index in [2.05, 4.69) is 30.3 Å². The van der Waals surface area contributed by atoms with E-state index in [0.717, 1.165) is 16.9 Å². The SMILES string of the molecule is Cc1nc2ccccc2n1CCNC(=O)c1cn[nH]n1. The minimum Gasteiger partial charge on any atom is -0.349 e. The largest absolute Gasteiger partial charge is 0.349 e. The number of nitrogens with one attached hydrogen (secondary N) is 2. The number of benzene rings is 1. The number of aromatic amines is 1. The number of hydrogen-bond donors (Lipinski definition) is 2. The average molecular weight is 270 g/mol. The second kappa shape index (κ2) is 5.12. The number of hydrogen-bond acceptors (Lipinski definition) is 4. The minimum absolute atomic E-state index is 0.235. The van der Waals surface area contributed by atoms with E-state index in [-0.39, 0.29) is 11.6 Å². The number of fused-ring (bicyclic) bond motifs is 1. The summed E-state index contributed by atoms with van der Waals surface area (Å²) in [4.78, 5) is 16.2. The molecule has 20 heavy (non-hydrogen) atoms. The number of aromatic nitrogens is 5. The van der Waals surface area contributed by atoms with Gasteiger partial charge in [-0.3, -0.25) is 4.79 Å². The van der Waals surface area contributed by atoms with Gasteiger partial charge in [0.2, 0.25) is 0 Å². The molecule has 1 amide bonds. The lowest BCUT2D eigenvalue weighted by Crippen LogP contribution is -2.27. The van der Waals surface area contributed by atoms with Gasteiger partial charge in [-0.05, 0) is 19.1 Å². The summed E-state index contributed by atoms with van der Waals surface area (Å²) in [5.74, 6) is 0.697. The van der Waals surface area contributed by atoms with Crippen molar-refractivity contribution in [3.8, 4) is 0 Å². The van der Waals surface area contributed by atoms with Crippen molar-refractivity contribution in [1.82, 2.24) is 30.3 Å². The first-order valence-corrected chi connectivity index (χ1v) is 6.31. The van der Waals surface area contributed by atoms with Gasteiger partial charge in [0, 0.05) is 13.1 Å². The van der Waals surface area contributed by atoms with E-state index < -0.39 is 0 Å². The zero-order valence-corrected chi connectivity index (χ0v) is 11.0. The maximum atomic E-state index is 11.7. The Morgan fingerprint density at radius 1 is 1.40 bits per heavy atom. The lowest BCUT2D eigenvalue weighted by atomic mass is 10.3. The number of aryl methyl sites for hydroxylation is 1. The Kier molecular flexibility index (Phi) is 3.16. The Morgan fingerprint density at radius 2 is 2.25 bits per heavy atom. The standard InChI is InChI=1S/C13H14N6O/c1-9-16-10-4-2-3-5-12(10)19(9)7-6-14-13(20)11-8-15-18-17-11/h2-5,8H,6-7H2,1H3,(H,14,20)(H,15,17,18). The molecule has 0 bridgehead atoms. The second-order valence-electron chi connectivity index (χ2n) is 4.41. The van der Waals surface area contributed by atoms with E-state index in [0.29, 0.717) is 13.1 Å². The summed E-state index contributed by atoms with van der Waals surface area (Å²) >= 11 is 0. The van der Waals surface area contributed by atoms with Crippen molar-refractivity contribution in [2.45, 2.75) is 13.5 Å². The Morgan fingerprint density at radius 3 is 3.05 bits per heavy atom. The third kappa shape index (κ3) is 2.25. The number of imidazole rings is 1. The van der Waals surface area contributed by atoms with Gasteiger partial charge in [0.25, 0.3) is 5.91 Å². The Balaban J connectivity index is 1.68. The predicted molar refractivity (Wildman–Crippen MR) is 73.2 cm³/mol. The van der Waals surface area contributed by atoms with Crippen LogP contribution in [0.4, 0.5) is 0 Å². The summed E-state index contributed by atoms with van der Waals surface area (Å²) in [6.45, 7) is 3.13. The van der Waals surface area contributed by atoms with Crippen LogP contribution in [0.1, 0.15) is 16.3 Å². The molecule has 0 aliphatic rings. The lowest BCUT2D eigenvalue weighted by molar-refractivity contribution is 0.0947. The summed E-state index contributed by atoms with van der Waals surface area (Å²) in [6, 6.07) is 7.95. The van der Waals surface area contributed by atoms with Crippen LogP contribution in [-0.4, -0.2) is 37.4 Å².